The van der Waals surface area contributed by atoms with Crippen molar-refractivity contribution in [1.29, 1.82) is 0 Å². The van der Waals surface area contributed by atoms with Crippen LogP contribution in [0.15, 0.2) is 0 Å². The Labute approximate surface area is 97.4 Å². The van der Waals surface area contributed by atoms with Gasteiger partial charge in [0.25, 0.3) is 0 Å². The average Bonchev–Trinajstić information content (AvgIpc) is 2.20. The Morgan fingerprint density at radius 1 is 1.20 bits per heavy atom. The van der Waals surface area contributed by atoms with E-state index in [-0.39, 0.29) is 5.75 Å². The second kappa shape index (κ2) is 9.39. The molecule has 0 aromatic heterocycles. The minimum absolute atomic E-state index is 0.120. The van der Waals surface area contributed by atoms with Gasteiger partial charge in [-0.25, -0.2) is 13.1 Å². The molecule has 4 nitrogen and oxygen atoms in total. The van der Waals surface area contributed by atoms with Gasteiger partial charge in [-0.2, -0.15) is 0 Å². The number of hydrogen-bond donors (Lipinski definition) is 1. The monoisotopic (exact) mass is 257 g/mol. The van der Waals surface area contributed by atoms with Gasteiger partial charge in [-0.3, -0.25) is 0 Å². The Hall–Kier alpha value is 0.160. The van der Waals surface area contributed by atoms with Gasteiger partial charge < -0.3 is 4.74 Å². The van der Waals surface area contributed by atoms with E-state index in [1.54, 1.807) is 7.11 Å². The quantitative estimate of drug-likeness (QED) is 0.475. The van der Waals surface area contributed by atoms with Crippen LogP contribution in [0.25, 0.3) is 0 Å². The summed E-state index contributed by atoms with van der Waals surface area (Å²) in [6.45, 7) is 1.24. The average molecular weight is 258 g/mol. The standard InChI is InChI=1S/C9H20ClNO3S/c1-14-8-4-2-3-7-11-15(12,13)9-5-6-10/h11H,2-9H2,1H3. The van der Waals surface area contributed by atoms with Crippen LogP contribution in [-0.4, -0.2) is 40.3 Å². The van der Waals surface area contributed by atoms with Gasteiger partial charge in [0, 0.05) is 26.1 Å². The van der Waals surface area contributed by atoms with Crippen molar-refractivity contribution < 1.29 is 13.2 Å². The molecule has 0 aliphatic heterocycles. The van der Waals surface area contributed by atoms with Crippen LogP contribution in [0.1, 0.15) is 25.7 Å². The molecular formula is C9H20ClNO3S. The maximum absolute atomic E-state index is 11.3. The van der Waals surface area contributed by atoms with Crippen molar-refractivity contribution in [2.75, 3.05) is 31.9 Å². The minimum Gasteiger partial charge on any atom is -0.385 e. The predicted octanol–water partition coefficient (Wildman–Crippen LogP) is 1.35. The van der Waals surface area contributed by atoms with Crippen LogP contribution < -0.4 is 4.72 Å². The molecule has 1 N–H and O–H groups in total. The normalized spacial score (nSPS) is 11.9. The molecule has 0 aromatic carbocycles. The smallest absolute Gasteiger partial charge is 0.211 e. The summed E-state index contributed by atoms with van der Waals surface area (Å²) < 4.78 is 30.0. The van der Waals surface area contributed by atoms with Gasteiger partial charge >= 0.3 is 0 Å². The lowest BCUT2D eigenvalue weighted by atomic mass is 10.2. The number of halogens is 1. The maximum atomic E-state index is 11.3. The van der Waals surface area contributed by atoms with E-state index >= 15 is 0 Å². The van der Waals surface area contributed by atoms with Gasteiger partial charge in [-0.1, -0.05) is 0 Å². The van der Waals surface area contributed by atoms with E-state index in [9.17, 15) is 8.42 Å². The van der Waals surface area contributed by atoms with Crippen molar-refractivity contribution in [3.63, 3.8) is 0 Å². The zero-order chi connectivity index (χ0) is 11.6. The van der Waals surface area contributed by atoms with Crippen molar-refractivity contribution in [2.24, 2.45) is 0 Å². The van der Waals surface area contributed by atoms with Crippen LogP contribution in [0.5, 0.6) is 0 Å². The van der Waals surface area contributed by atoms with Crippen LogP contribution in [0.3, 0.4) is 0 Å². The summed E-state index contributed by atoms with van der Waals surface area (Å²) in [5, 5.41) is 0. The minimum atomic E-state index is -3.10. The van der Waals surface area contributed by atoms with Gasteiger partial charge in [0.2, 0.25) is 10.0 Å². The summed E-state index contributed by atoms with van der Waals surface area (Å²) in [6.07, 6.45) is 3.30. The number of sulfonamides is 1. The lowest BCUT2D eigenvalue weighted by Crippen LogP contribution is -2.27. The van der Waals surface area contributed by atoms with Crippen LogP contribution in [0, 0.1) is 0 Å². The number of alkyl halides is 1. The van der Waals surface area contributed by atoms with Crippen LogP contribution in [0.2, 0.25) is 0 Å². The molecule has 0 spiro atoms. The van der Waals surface area contributed by atoms with Crippen molar-refractivity contribution in [2.45, 2.75) is 25.7 Å². The Balaban J connectivity index is 3.41. The third-order valence-corrected chi connectivity index (χ3v) is 3.63. The summed E-state index contributed by atoms with van der Waals surface area (Å²) in [6, 6.07) is 0. The number of unbranched alkanes of at least 4 members (excludes halogenated alkanes) is 2. The molecule has 0 heterocycles. The van der Waals surface area contributed by atoms with Gasteiger partial charge in [0.15, 0.2) is 0 Å². The fraction of sp³-hybridized carbons (Fsp3) is 1.00. The summed E-state index contributed by atoms with van der Waals surface area (Å²) in [5.74, 6) is 0.503. The van der Waals surface area contributed by atoms with Crippen LogP contribution >= 0.6 is 11.6 Å². The number of nitrogens with one attached hydrogen (secondary N) is 1. The SMILES string of the molecule is COCCCCCNS(=O)(=O)CCCCl. The first kappa shape index (κ1) is 15.2. The van der Waals surface area contributed by atoms with E-state index in [0.29, 0.717) is 18.8 Å². The van der Waals surface area contributed by atoms with Crippen molar-refractivity contribution in [1.82, 2.24) is 4.72 Å². The molecule has 0 amide bonds. The molecule has 0 bridgehead atoms. The van der Waals surface area contributed by atoms with Crippen molar-refractivity contribution >= 4 is 21.6 Å². The predicted molar refractivity (Wildman–Crippen MR) is 62.9 cm³/mol. The highest BCUT2D eigenvalue weighted by Gasteiger charge is 2.07. The van der Waals surface area contributed by atoms with E-state index < -0.39 is 10.0 Å². The van der Waals surface area contributed by atoms with Crippen LogP contribution in [0.4, 0.5) is 0 Å². The Bertz CT molecular complexity index is 232. The van der Waals surface area contributed by atoms with Gasteiger partial charge in [0.1, 0.15) is 0 Å². The first-order valence-corrected chi connectivity index (χ1v) is 7.33. The van der Waals surface area contributed by atoms with E-state index in [0.717, 1.165) is 25.9 Å². The molecule has 6 heteroatoms. The molecular weight excluding hydrogens is 238 g/mol. The number of ether oxygens (including phenoxy) is 1. The fourth-order valence-electron chi connectivity index (χ4n) is 1.09. The largest absolute Gasteiger partial charge is 0.385 e. The number of hydrogen-bond acceptors (Lipinski definition) is 3. The number of methoxy groups -OCH3 is 1. The lowest BCUT2D eigenvalue weighted by molar-refractivity contribution is 0.192. The third kappa shape index (κ3) is 10.4. The zero-order valence-corrected chi connectivity index (χ0v) is 10.7. The summed E-state index contributed by atoms with van der Waals surface area (Å²) in [7, 11) is -1.44. The summed E-state index contributed by atoms with van der Waals surface area (Å²) in [4.78, 5) is 0. The highest BCUT2D eigenvalue weighted by atomic mass is 35.5. The fourth-order valence-corrected chi connectivity index (χ4v) is 2.51. The number of rotatable bonds is 10. The van der Waals surface area contributed by atoms with Gasteiger partial charge in [-0.05, 0) is 25.7 Å². The molecule has 0 aliphatic carbocycles. The molecule has 0 unspecified atom stereocenters. The van der Waals surface area contributed by atoms with E-state index in [4.69, 9.17) is 16.3 Å². The molecule has 0 aliphatic rings. The highest BCUT2D eigenvalue weighted by Crippen LogP contribution is 1.96. The van der Waals surface area contributed by atoms with Crippen molar-refractivity contribution in [3.8, 4) is 0 Å². The third-order valence-electron chi connectivity index (χ3n) is 1.89. The first-order chi connectivity index (χ1) is 7.12. The second-order valence-electron chi connectivity index (χ2n) is 3.31. The molecule has 0 saturated carbocycles. The Morgan fingerprint density at radius 3 is 2.53 bits per heavy atom. The molecule has 15 heavy (non-hydrogen) atoms. The van der Waals surface area contributed by atoms with Gasteiger partial charge in [0.05, 0.1) is 5.75 Å². The highest BCUT2D eigenvalue weighted by molar-refractivity contribution is 7.89. The zero-order valence-electron chi connectivity index (χ0n) is 9.17. The molecule has 0 aromatic rings. The van der Waals surface area contributed by atoms with E-state index in [1.165, 1.54) is 0 Å². The molecule has 0 atom stereocenters. The lowest BCUT2D eigenvalue weighted by Gasteiger charge is -2.05. The summed E-state index contributed by atoms with van der Waals surface area (Å²) in [5.41, 5.74) is 0. The van der Waals surface area contributed by atoms with E-state index in [1.807, 2.05) is 0 Å². The van der Waals surface area contributed by atoms with Crippen molar-refractivity contribution in [3.05, 3.63) is 0 Å². The molecule has 0 radical (unpaired) electrons. The second-order valence-corrected chi connectivity index (χ2v) is 5.61. The summed E-state index contributed by atoms with van der Waals surface area (Å²) >= 11 is 5.42. The van der Waals surface area contributed by atoms with Crippen LogP contribution in [-0.2, 0) is 14.8 Å². The Morgan fingerprint density at radius 2 is 1.93 bits per heavy atom. The first-order valence-electron chi connectivity index (χ1n) is 5.14. The Kier molecular flexibility index (Phi) is 9.49. The molecule has 0 fully saturated rings. The maximum Gasteiger partial charge on any atom is 0.211 e. The van der Waals surface area contributed by atoms with E-state index in [2.05, 4.69) is 4.72 Å². The molecule has 92 valence electrons. The van der Waals surface area contributed by atoms with Gasteiger partial charge in [-0.15, -0.1) is 11.6 Å². The molecule has 0 rings (SSSR count). The topological polar surface area (TPSA) is 55.4 Å². The molecule has 0 saturated heterocycles.